The normalized spacial score (nSPS) is 11.2. The number of amides is 2. The molecule has 0 aliphatic rings. The Morgan fingerprint density at radius 3 is 2.27 bits per heavy atom. The summed E-state index contributed by atoms with van der Waals surface area (Å²) in [7, 11) is 0. The topological polar surface area (TPSA) is 67.4 Å². The van der Waals surface area contributed by atoms with Crippen LogP contribution in [0.15, 0.2) is 54.6 Å². The summed E-state index contributed by atoms with van der Waals surface area (Å²) in [5.41, 5.74) is 2.64. The molecule has 0 unspecified atom stereocenters. The fourth-order valence-corrected chi connectivity index (χ4v) is 2.22. The Hall–Kier alpha value is -3.08. The molecule has 2 aromatic rings. The maximum atomic E-state index is 12.1. The Kier molecular flexibility index (Phi) is 6.17. The zero-order valence-corrected chi connectivity index (χ0v) is 15.5. The Bertz CT molecular complexity index is 820. The minimum absolute atomic E-state index is 0.248. The lowest BCUT2D eigenvalue weighted by Gasteiger charge is -2.19. The molecule has 0 heterocycles. The Balaban J connectivity index is 1.98. The second-order valence-electron chi connectivity index (χ2n) is 6.89. The molecule has 5 nitrogen and oxygen atoms in total. The van der Waals surface area contributed by atoms with E-state index < -0.39 is 11.7 Å². The Morgan fingerprint density at radius 2 is 1.62 bits per heavy atom. The van der Waals surface area contributed by atoms with Crippen molar-refractivity contribution < 1.29 is 14.3 Å². The molecule has 0 radical (unpaired) electrons. The van der Waals surface area contributed by atoms with Gasteiger partial charge in [-0.25, -0.2) is 4.79 Å². The first-order chi connectivity index (χ1) is 12.2. The van der Waals surface area contributed by atoms with E-state index in [1.165, 1.54) is 6.08 Å². The summed E-state index contributed by atoms with van der Waals surface area (Å²) in [6, 6.07) is 14.7. The molecule has 2 rings (SSSR count). The van der Waals surface area contributed by atoms with E-state index in [0.717, 1.165) is 11.1 Å². The van der Waals surface area contributed by atoms with Gasteiger partial charge in [-0.15, -0.1) is 0 Å². The van der Waals surface area contributed by atoms with Gasteiger partial charge in [-0.2, -0.15) is 0 Å². The highest BCUT2D eigenvalue weighted by atomic mass is 16.6. The van der Waals surface area contributed by atoms with Crippen molar-refractivity contribution in [3.05, 3.63) is 65.7 Å². The lowest BCUT2D eigenvalue weighted by molar-refractivity contribution is -0.111. The summed E-state index contributed by atoms with van der Waals surface area (Å²) in [6.45, 7) is 7.38. The molecule has 0 aliphatic carbocycles. The minimum Gasteiger partial charge on any atom is -0.444 e. The Labute approximate surface area is 154 Å². The van der Waals surface area contributed by atoms with Gasteiger partial charge in [0, 0.05) is 17.5 Å². The molecule has 0 saturated heterocycles. The SMILES string of the molecule is Cc1ccccc1C=CC(=O)Nc1cccc(NC(=O)OC(C)(C)C)c1. The standard InChI is InChI=1S/C21H24N2O3/c1-15-8-5-6-9-16(15)12-13-19(24)22-17-10-7-11-18(14-17)23-20(25)26-21(2,3)4/h5-14H,1-4H3,(H,22,24)(H,23,25). The third-order valence-electron chi connectivity index (χ3n) is 3.38. The van der Waals surface area contributed by atoms with Crippen LogP contribution in [0.2, 0.25) is 0 Å². The lowest BCUT2D eigenvalue weighted by Crippen LogP contribution is -2.27. The van der Waals surface area contributed by atoms with Gasteiger partial charge in [0.25, 0.3) is 0 Å². The molecule has 0 atom stereocenters. The molecule has 0 bridgehead atoms. The van der Waals surface area contributed by atoms with Gasteiger partial charge in [0.1, 0.15) is 5.60 Å². The summed E-state index contributed by atoms with van der Waals surface area (Å²) in [6.07, 6.45) is 2.71. The second-order valence-corrected chi connectivity index (χ2v) is 6.89. The number of hydrogen-bond acceptors (Lipinski definition) is 3. The van der Waals surface area contributed by atoms with Crippen molar-refractivity contribution >= 4 is 29.5 Å². The highest BCUT2D eigenvalue weighted by molar-refractivity contribution is 6.02. The average Bonchev–Trinajstić information content (AvgIpc) is 2.52. The predicted octanol–water partition coefficient (Wildman–Crippen LogP) is 4.99. The molecule has 26 heavy (non-hydrogen) atoms. The monoisotopic (exact) mass is 352 g/mol. The number of hydrogen-bond donors (Lipinski definition) is 2. The lowest BCUT2D eigenvalue weighted by atomic mass is 10.1. The third-order valence-corrected chi connectivity index (χ3v) is 3.38. The second kappa shape index (κ2) is 8.34. The summed E-state index contributed by atoms with van der Waals surface area (Å²) < 4.78 is 5.21. The van der Waals surface area contributed by atoms with Crippen LogP contribution in [-0.2, 0) is 9.53 Å². The fraction of sp³-hybridized carbons (Fsp3) is 0.238. The van der Waals surface area contributed by atoms with Crippen molar-refractivity contribution in [1.82, 2.24) is 0 Å². The van der Waals surface area contributed by atoms with Crippen molar-refractivity contribution in [3.63, 3.8) is 0 Å². The molecular weight excluding hydrogens is 328 g/mol. The molecule has 0 aromatic heterocycles. The van der Waals surface area contributed by atoms with Gasteiger partial charge >= 0.3 is 6.09 Å². The Morgan fingerprint density at radius 1 is 0.962 bits per heavy atom. The molecule has 136 valence electrons. The summed E-state index contributed by atoms with van der Waals surface area (Å²) in [5, 5.41) is 5.42. The molecule has 0 saturated carbocycles. The number of benzene rings is 2. The molecule has 0 fully saturated rings. The first kappa shape index (κ1) is 19.2. The van der Waals surface area contributed by atoms with E-state index in [0.29, 0.717) is 11.4 Å². The zero-order chi connectivity index (χ0) is 19.2. The van der Waals surface area contributed by atoms with Gasteiger partial charge in [0.05, 0.1) is 0 Å². The number of anilines is 2. The van der Waals surface area contributed by atoms with E-state index in [1.54, 1.807) is 51.1 Å². The van der Waals surface area contributed by atoms with Crippen molar-refractivity contribution in [3.8, 4) is 0 Å². The van der Waals surface area contributed by atoms with Crippen LogP contribution >= 0.6 is 0 Å². The van der Waals surface area contributed by atoms with Crippen LogP contribution in [0.5, 0.6) is 0 Å². The molecular formula is C21H24N2O3. The van der Waals surface area contributed by atoms with E-state index in [4.69, 9.17) is 4.74 Å². The maximum absolute atomic E-state index is 12.1. The average molecular weight is 352 g/mol. The van der Waals surface area contributed by atoms with Gasteiger partial charge in [-0.1, -0.05) is 30.3 Å². The van der Waals surface area contributed by atoms with E-state index >= 15 is 0 Å². The van der Waals surface area contributed by atoms with E-state index in [9.17, 15) is 9.59 Å². The first-order valence-corrected chi connectivity index (χ1v) is 8.38. The predicted molar refractivity (Wildman–Crippen MR) is 105 cm³/mol. The third kappa shape index (κ3) is 6.43. The van der Waals surface area contributed by atoms with Crippen LogP contribution in [-0.4, -0.2) is 17.6 Å². The van der Waals surface area contributed by atoms with Gasteiger partial charge in [-0.3, -0.25) is 10.1 Å². The van der Waals surface area contributed by atoms with Crippen LogP contribution in [0.25, 0.3) is 6.08 Å². The van der Waals surface area contributed by atoms with Crippen molar-refractivity contribution in [2.45, 2.75) is 33.3 Å². The maximum Gasteiger partial charge on any atom is 0.412 e. The highest BCUT2D eigenvalue weighted by Crippen LogP contribution is 2.17. The molecule has 2 aromatic carbocycles. The van der Waals surface area contributed by atoms with E-state index in [1.807, 2.05) is 31.2 Å². The molecule has 0 spiro atoms. The van der Waals surface area contributed by atoms with Crippen LogP contribution in [0.4, 0.5) is 16.2 Å². The van der Waals surface area contributed by atoms with Crippen LogP contribution in [0.3, 0.4) is 0 Å². The molecule has 5 heteroatoms. The molecule has 0 aliphatic heterocycles. The number of rotatable bonds is 4. The largest absolute Gasteiger partial charge is 0.444 e. The number of carbonyl (C=O) groups excluding carboxylic acids is 2. The van der Waals surface area contributed by atoms with E-state index in [-0.39, 0.29) is 5.91 Å². The fourth-order valence-electron chi connectivity index (χ4n) is 2.22. The van der Waals surface area contributed by atoms with Gasteiger partial charge < -0.3 is 10.1 Å². The number of aryl methyl sites for hydroxylation is 1. The smallest absolute Gasteiger partial charge is 0.412 e. The van der Waals surface area contributed by atoms with Crippen molar-refractivity contribution in [2.24, 2.45) is 0 Å². The summed E-state index contributed by atoms with van der Waals surface area (Å²) in [5.74, 6) is -0.248. The zero-order valence-electron chi connectivity index (χ0n) is 15.5. The van der Waals surface area contributed by atoms with E-state index in [2.05, 4.69) is 10.6 Å². The number of carbonyl (C=O) groups is 2. The van der Waals surface area contributed by atoms with Gasteiger partial charge in [0.15, 0.2) is 0 Å². The van der Waals surface area contributed by atoms with Crippen molar-refractivity contribution in [2.75, 3.05) is 10.6 Å². The highest BCUT2D eigenvalue weighted by Gasteiger charge is 2.16. The summed E-state index contributed by atoms with van der Waals surface area (Å²) in [4.78, 5) is 23.9. The molecule has 2 amide bonds. The van der Waals surface area contributed by atoms with Crippen LogP contribution < -0.4 is 10.6 Å². The van der Waals surface area contributed by atoms with Crippen LogP contribution in [0.1, 0.15) is 31.9 Å². The first-order valence-electron chi connectivity index (χ1n) is 8.38. The van der Waals surface area contributed by atoms with Gasteiger partial charge in [-0.05, 0) is 63.1 Å². The van der Waals surface area contributed by atoms with Crippen LogP contribution in [0, 0.1) is 6.92 Å². The minimum atomic E-state index is -0.573. The summed E-state index contributed by atoms with van der Waals surface area (Å²) >= 11 is 0. The number of ether oxygens (including phenoxy) is 1. The van der Waals surface area contributed by atoms with Crippen molar-refractivity contribution in [1.29, 1.82) is 0 Å². The quantitative estimate of drug-likeness (QED) is 0.761. The molecule has 2 N–H and O–H groups in total. The van der Waals surface area contributed by atoms with Gasteiger partial charge in [0.2, 0.25) is 5.91 Å². The number of nitrogens with one attached hydrogen (secondary N) is 2.